The zero-order valence-corrected chi connectivity index (χ0v) is 18.7. The number of aryl methyl sites for hydroxylation is 2. The second kappa shape index (κ2) is 8.56. The third-order valence-corrected chi connectivity index (χ3v) is 7.18. The van der Waals surface area contributed by atoms with Crippen LogP contribution in [0, 0.1) is 0 Å². The van der Waals surface area contributed by atoms with E-state index in [-0.39, 0.29) is 6.04 Å². The molecule has 7 heteroatoms. The summed E-state index contributed by atoms with van der Waals surface area (Å²) in [5.74, 6) is 1.19. The van der Waals surface area contributed by atoms with Gasteiger partial charge in [-0.2, -0.15) is 5.10 Å². The minimum atomic E-state index is 0.0741. The first-order chi connectivity index (χ1) is 16.3. The summed E-state index contributed by atoms with van der Waals surface area (Å²) in [6, 6.07) is 12.8. The van der Waals surface area contributed by atoms with E-state index in [0.29, 0.717) is 5.92 Å². The van der Waals surface area contributed by atoms with E-state index in [4.69, 9.17) is 15.7 Å². The highest BCUT2D eigenvalue weighted by Gasteiger charge is 2.25. The summed E-state index contributed by atoms with van der Waals surface area (Å²) >= 11 is 0. The second-order valence-corrected chi connectivity index (χ2v) is 9.24. The molecule has 4 aromatic rings. The number of anilines is 2. The molecule has 0 fully saturated rings. The predicted molar refractivity (Wildman–Crippen MR) is 130 cm³/mol. The van der Waals surface area contributed by atoms with E-state index in [9.17, 15) is 0 Å². The van der Waals surface area contributed by atoms with E-state index in [1.165, 1.54) is 11.1 Å². The molecule has 0 amide bonds. The Labute approximate surface area is 193 Å². The van der Waals surface area contributed by atoms with Crippen LogP contribution < -0.4 is 10.6 Å². The Morgan fingerprint density at radius 3 is 2.88 bits per heavy atom. The molecule has 0 saturated carbocycles. The molecule has 168 valence electrons. The van der Waals surface area contributed by atoms with Crippen molar-refractivity contribution in [2.24, 2.45) is 5.73 Å². The van der Waals surface area contributed by atoms with E-state index >= 15 is 0 Å². The maximum absolute atomic E-state index is 6.58. The van der Waals surface area contributed by atoms with Crippen LogP contribution in [0.5, 0.6) is 0 Å². The SMILES string of the molecule is NC1CC[C@@H](c2cnc3c(N4CCCc5ncccc54)n[nH]c3n2)CCCc2ccccc21. The number of hydrogen-bond donors (Lipinski definition) is 2. The van der Waals surface area contributed by atoms with Gasteiger partial charge in [-0.15, -0.1) is 0 Å². The molecule has 0 bridgehead atoms. The molecule has 2 atom stereocenters. The lowest BCUT2D eigenvalue weighted by atomic mass is 9.92. The molecule has 4 heterocycles. The molecule has 6 rings (SSSR count). The Kier molecular flexibility index (Phi) is 5.26. The van der Waals surface area contributed by atoms with Gasteiger partial charge in [-0.05, 0) is 68.2 Å². The van der Waals surface area contributed by atoms with Crippen LogP contribution in [0.25, 0.3) is 11.2 Å². The van der Waals surface area contributed by atoms with Crippen molar-refractivity contribution in [3.8, 4) is 0 Å². The monoisotopic (exact) mass is 439 g/mol. The summed E-state index contributed by atoms with van der Waals surface area (Å²) in [4.78, 5) is 16.6. The molecule has 0 radical (unpaired) electrons. The molecule has 0 saturated heterocycles. The zero-order chi connectivity index (χ0) is 22.2. The van der Waals surface area contributed by atoms with Crippen LogP contribution in [-0.4, -0.2) is 31.7 Å². The van der Waals surface area contributed by atoms with Crippen molar-refractivity contribution in [3.63, 3.8) is 0 Å². The number of H-pyrrole nitrogens is 1. The van der Waals surface area contributed by atoms with Crippen molar-refractivity contribution in [2.75, 3.05) is 11.4 Å². The Morgan fingerprint density at radius 1 is 0.970 bits per heavy atom. The molecular weight excluding hydrogens is 410 g/mol. The van der Waals surface area contributed by atoms with Crippen LogP contribution in [0.3, 0.4) is 0 Å². The Bertz CT molecular complexity index is 1280. The highest BCUT2D eigenvalue weighted by Crippen LogP contribution is 2.36. The van der Waals surface area contributed by atoms with Gasteiger partial charge in [0.05, 0.1) is 17.1 Å². The Hall–Kier alpha value is -3.32. The first-order valence-corrected chi connectivity index (χ1v) is 12.0. The average Bonchev–Trinajstić information content (AvgIpc) is 3.31. The minimum absolute atomic E-state index is 0.0741. The zero-order valence-electron chi connectivity index (χ0n) is 18.7. The van der Waals surface area contributed by atoms with Gasteiger partial charge in [0.2, 0.25) is 0 Å². The van der Waals surface area contributed by atoms with Crippen molar-refractivity contribution < 1.29 is 0 Å². The summed E-state index contributed by atoms with van der Waals surface area (Å²) in [7, 11) is 0. The van der Waals surface area contributed by atoms with E-state index in [1.807, 2.05) is 18.5 Å². The van der Waals surface area contributed by atoms with Crippen LogP contribution in [0.4, 0.5) is 11.5 Å². The fraction of sp³-hybridized carbons (Fsp3) is 0.385. The second-order valence-electron chi connectivity index (χ2n) is 9.24. The molecule has 1 aliphatic heterocycles. The molecule has 1 aromatic carbocycles. The molecule has 2 aliphatic rings. The molecule has 3 N–H and O–H groups in total. The predicted octanol–water partition coefficient (Wildman–Crippen LogP) is 4.73. The molecule has 1 aliphatic carbocycles. The number of nitrogens with zero attached hydrogens (tertiary/aromatic N) is 5. The third-order valence-electron chi connectivity index (χ3n) is 7.18. The number of fused-ring (bicyclic) bond motifs is 3. The number of hydrogen-bond acceptors (Lipinski definition) is 6. The standard InChI is InChI=1S/C26H29N7/c27-20-13-12-18(8-3-7-17-6-1-2-9-19(17)20)22-16-29-24-25(30-22)31-32-26(24)33-15-5-10-21-23(33)11-4-14-28-21/h1-2,4,6,9,11,14,16,18,20H,3,5,7-8,10,12-13,15,27H2,(H,30,31,32)/t18-,20?/m0/s1. The fourth-order valence-electron chi connectivity index (χ4n) is 5.44. The minimum Gasteiger partial charge on any atom is -0.324 e. The summed E-state index contributed by atoms with van der Waals surface area (Å²) < 4.78 is 0. The molecular formula is C26H29N7. The molecule has 0 spiro atoms. The molecule has 3 aromatic heterocycles. The van der Waals surface area contributed by atoms with E-state index < -0.39 is 0 Å². The van der Waals surface area contributed by atoms with Crippen LogP contribution in [0.15, 0.2) is 48.8 Å². The molecule has 1 unspecified atom stereocenters. The number of nitrogens with one attached hydrogen (secondary N) is 1. The normalized spacial score (nSPS) is 21.1. The largest absolute Gasteiger partial charge is 0.324 e. The van der Waals surface area contributed by atoms with Crippen molar-refractivity contribution in [3.05, 3.63) is 71.3 Å². The fourth-order valence-corrected chi connectivity index (χ4v) is 5.44. The topological polar surface area (TPSA) is 96.6 Å². The van der Waals surface area contributed by atoms with Gasteiger partial charge >= 0.3 is 0 Å². The number of pyridine rings is 1. The van der Waals surface area contributed by atoms with Gasteiger partial charge in [-0.25, -0.2) is 9.97 Å². The first-order valence-electron chi connectivity index (χ1n) is 12.0. The summed E-state index contributed by atoms with van der Waals surface area (Å²) in [6.07, 6.45) is 11.1. The number of aromatic amines is 1. The quantitative estimate of drug-likeness (QED) is 0.469. The van der Waals surface area contributed by atoms with E-state index in [1.54, 1.807) is 0 Å². The lowest BCUT2D eigenvalue weighted by Crippen LogP contribution is -2.25. The van der Waals surface area contributed by atoms with Crippen LogP contribution >= 0.6 is 0 Å². The smallest absolute Gasteiger partial charge is 0.183 e. The summed E-state index contributed by atoms with van der Waals surface area (Å²) in [5.41, 5.74) is 14.1. The van der Waals surface area contributed by atoms with Crippen LogP contribution in [0.2, 0.25) is 0 Å². The Balaban J connectivity index is 1.28. The first kappa shape index (κ1) is 20.3. The van der Waals surface area contributed by atoms with Gasteiger partial charge in [-0.1, -0.05) is 24.3 Å². The van der Waals surface area contributed by atoms with Crippen molar-refractivity contribution in [1.82, 2.24) is 25.1 Å². The lowest BCUT2D eigenvalue weighted by Gasteiger charge is -2.28. The number of aromatic nitrogens is 5. The van der Waals surface area contributed by atoms with E-state index in [0.717, 1.165) is 85.5 Å². The number of nitrogens with two attached hydrogens (primary N) is 1. The van der Waals surface area contributed by atoms with Gasteiger partial charge < -0.3 is 10.6 Å². The summed E-state index contributed by atoms with van der Waals surface area (Å²) in [6.45, 7) is 0.906. The van der Waals surface area contributed by atoms with Crippen molar-refractivity contribution >= 4 is 22.7 Å². The maximum atomic E-state index is 6.58. The van der Waals surface area contributed by atoms with Crippen LogP contribution in [-0.2, 0) is 12.8 Å². The van der Waals surface area contributed by atoms with Gasteiger partial charge in [0.15, 0.2) is 17.0 Å². The lowest BCUT2D eigenvalue weighted by molar-refractivity contribution is 0.501. The van der Waals surface area contributed by atoms with Gasteiger partial charge in [-0.3, -0.25) is 10.1 Å². The number of rotatable bonds is 2. The van der Waals surface area contributed by atoms with Crippen molar-refractivity contribution in [2.45, 2.75) is 56.9 Å². The highest BCUT2D eigenvalue weighted by molar-refractivity contribution is 5.86. The highest BCUT2D eigenvalue weighted by atomic mass is 15.3. The Morgan fingerprint density at radius 2 is 1.91 bits per heavy atom. The third kappa shape index (κ3) is 3.76. The van der Waals surface area contributed by atoms with Crippen molar-refractivity contribution in [1.29, 1.82) is 0 Å². The van der Waals surface area contributed by atoms with Gasteiger partial charge in [0.25, 0.3) is 0 Å². The molecule has 7 nitrogen and oxygen atoms in total. The van der Waals surface area contributed by atoms with E-state index in [2.05, 4.69) is 50.4 Å². The average molecular weight is 440 g/mol. The number of benzene rings is 1. The van der Waals surface area contributed by atoms with Crippen LogP contribution in [0.1, 0.15) is 66.6 Å². The summed E-state index contributed by atoms with van der Waals surface area (Å²) in [5, 5.41) is 7.77. The molecule has 33 heavy (non-hydrogen) atoms. The van der Waals surface area contributed by atoms with Gasteiger partial charge in [0, 0.05) is 30.9 Å². The maximum Gasteiger partial charge on any atom is 0.183 e. The van der Waals surface area contributed by atoms with Gasteiger partial charge in [0.1, 0.15) is 0 Å².